The number of rotatable bonds is 5. The number of carbonyl (C=O) groups is 1. The Kier molecular flexibility index (Phi) is 4.95. The third-order valence-corrected chi connectivity index (χ3v) is 3.69. The molecular weight excluding hydrogens is 291 g/mol. The molecule has 1 N–H and O–H groups in total. The molecule has 0 fully saturated rings. The number of hydrogen-bond donors (Lipinski definition) is 1. The van der Waals surface area contributed by atoms with Gasteiger partial charge in [-0.15, -0.1) is 16.6 Å². The number of benzene rings is 1. The van der Waals surface area contributed by atoms with Crippen molar-refractivity contribution < 1.29 is 9.18 Å². The molecular formula is C14H13FN4OS. The number of carbonyl (C=O) groups excluding carboxylic acids is 1. The lowest BCUT2D eigenvalue weighted by Gasteiger charge is -2.04. The number of halogens is 1. The lowest BCUT2D eigenvalue weighted by molar-refractivity contribution is -0.118. The normalized spacial score (nSPS) is 10.1. The highest BCUT2D eigenvalue weighted by atomic mass is 32.2. The van der Waals surface area contributed by atoms with E-state index in [2.05, 4.69) is 21.4 Å². The zero-order valence-corrected chi connectivity index (χ0v) is 12.2. The van der Waals surface area contributed by atoms with Crippen molar-refractivity contribution in [3.63, 3.8) is 0 Å². The Morgan fingerprint density at radius 1 is 1.48 bits per heavy atom. The Morgan fingerprint density at radius 2 is 2.24 bits per heavy atom. The second kappa shape index (κ2) is 6.90. The van der Waals surface area contributed by atoms with E-state index in [1.165, 1.54) is 17.8 Å². The van der Waals surface area contributed by atoms with Gasteiger partial charge in [0.05, 0.1) is 17.9 Å². The smallest absolute Gasteiger partial charge is 0.231 e. The van der Waals surface area contributed by atoms with Gasteiger partial charge in [-0.2, -0.15) is 0 Å². The summed E-state index contributed by atoms with van der Waals surface area (Å²) < 4.78 is 15.4. The van der Waals surface area contributed by atoms with Crippen molar-refractivity contribution in [1.82, 2.24) is 20.1 Å². The quantitative estimate of drug-likeness (QED) is 0.671. The van der Waals surface area contributed by atoms with Crippen LogP contribution in [0.1, 0.15) is 0 Å². The van der Waals surface area contributed by atoms with E-state index in [0.717, 1.165) is 0 Å². The summed E-state index contributed by atoms with van der Waals surface area (Å²) in [6.07, 6.45) is 5.06. The lowest BCUT2D eigenvalue weighted by atomic mass is 10.2. The first-order valence-electron chi connectivity index (χ1n) is 6.10. The van der Waals surface area contributed by atoms with Gasteiger partial charge in [-0.1, -0.05) is 29.8 Å². The molecule has 0 aliphatic rings. The molecule has 21 heavy (non-hydrogen) atoms. The fourth-order valence-electron chi connectivity index (χ4n) is 1.65. The van der Waals surface area contributed by atoms with Crippen molar-refractivity contribution in [3.05, 3.63) is 30.1 Å². The zero-order valence-electron chi connectivity index (χ0n) is 11.3. The zero-order chi connectivity index (χ0) is 15.2. The van der Waals surface area contributed by atoms with Crippen molar-refractivity contribution in [2.24, 2.45) is 7.05 Å². The monoisotopic (exact) mass is 304 g/mol. The van der Waals surface area contributed by atoms with E-state index in [4.69, 9.17) is 6.42 Å². The molecule has 0 aliphatic heterocycles. The summed E-state index contributed by atoms with van der Waals surface area (Å²) in [5, 5.41) is 11.0. The third-order valence-electron chi connectivity index (χ3n) is 2.67. The van der Waals surface area contributed by atoms with E-state index < -0.39 is 0 Å². The number of nitrogens with zero attached hydrogens (tertiary/aromatic N) is 3. The van der Waals surface area contributed by atoms with E-state index in [-0.39, 0.29) is 24.0 Å². The first kappa shape index (κ1) is 15.1. The summed E-state index contributed by atoms with van der Waals surface area (Å²) in [5.74, 6) is 2.36. The highest BCUT2D eigenvalue weighted by molar-refractivity contribution is 7.99. The van der Waals surface area contributed by atoms with Crippen LogP contribution in [0.5, 0.6) is 0 Å². The largest absolute Gasteiger partial charge is 0.344 e. The molecule has 0 aliphatic carbocycles. The van der Waals surface area contributed by atoms with Crippen molar-refractivity contribution >= 4 is 17.7 Å². The Labute approximate surface area is 126 Å². The molecule has 2 aromatic rings. The number of nitrogens with one attached hydrogen (secondary N) is 1. The van der Waals surface area contributed by atoms with Crippen LogP contribution in [0.3, 0.4) is 0 Å². The summed E-state index contributed by atoms with van der Waals surface area (Å²) >= 11 is 1.21. The van der Waals surface area contributed by atoms with Gasteiger partial charge in [0.25, 0.3) is 0 Å². The number of hydrogen-bond acceptors (Lipinski definition) is 4. The fourth-order valence-corrected chi connectivity index (χ4v) is 2.39. The SMILES string of the molecule is C#CCNC(=O)CSc1nnc(-c2ccccc2F)n1C. The molecule has 7 heteroatoms. The van der Waals surface area contributed by atoms with Gasteiger partial charge in [0.1, 0.15) is 5.82 Å². The molecule has 0 unspecified atom stereocenters. The number of terminal acetylenes is 1. The van der Waals surface area contributed by atoms with Crippen LogP contribution in [0.4, 0.5) is 4.39 Å². The van der Waals surface area contributed by atoms with Gasteiger partial charge in [0.15, 0.2) is 11.0 Å². The van der Waals surface area contributed by atoms with Crippen molar-refractivity contribution in [2.75, 3.05) is 12.3 Å². The Hall–Kier alpha value is -2.33. The maximum atomic E-state index is 13.7. The summed E-state index contributed by atoms with van der Waals surface area (Å²) in [6.45, 7) is 0.193. The molecule has 1 aromatic carbocycles. The van der Waals surface area contributed by atoms with Crippen molar-refractivity contribution in [3.8, 4) is 23.7 Å². The predicted molar refractivity (Wildman–Crippen MR) is 79.0 cm³/mol. The molecule has 0 bridgehead atoms. The maximum absolute atomic E-state index is 13.7. The van der Waals surface area contributed by atoms with Gasteiger partial charge in [-0.3, -0.25) is 4.79 Å². The molecule has 5 nitrogen and oxygen atoms in total. The van der Waals surface area contributed by atoms with Crippen LogP contribution in [-0.4, -0.2) is 33.0 Å². The molecule has 108 valence electrons. The van der Waals surface area contributed by atoms with Gasteiger partial charge in [0.2, 0.25) is 5.91 Å². The average Bonchev–Trinajstić information content (AvgIpc) is 2.84. The average molecular weight is 304 g/mol. The maximum Gasteiger partial charge on any atom is 0.231 e. The van der Waals surface area contributed by atoms with Gasteiger partial charge in [0, 0.05) is 7.05 Å². The third kappa shape index (κ3) is 3.61. The lowest BCUT2D eigenvalue weighted by Crippen LogP contribution is -2.25. The van der Waals surface area contributed by atoms with Crippen molar-refractivity contribution in [2.45, 2.75) is 5.16 Å². The van der Waals surface area contributed by atoms with E-state index >= 15 is 0 Å². The van der Waals surface area contributed by atoms with Gasteiger partial charge >= 0.3 is 0 Å². The van der Waals surface area contributed by atoms with Crippen LogP contribution < -0.4 is 5.32 Å². The molecule has 1 amide bonds. The number of aromatic nitrogens is 3. The molecule has 0 spiro atoms. The minimum Gasteiger partial charge on any atom is -0.344 e. The second-order valence-corrected chi connectivity index (χ2v) is 5.06. The van der Waals surface area contributed by atoms with Gasteiger partial charge in [-0.05, 0) is 12.1 Å². The Balaban J connectivity index is 2.10. The number of amides is 1. The minimum atomic E-state index is -0.365. The van der Waals surface area contributed by atoms with Gasteiger partial charge < -0.3 is 9.88 Å². The summed E-state index contributed by atoms with van der Waals surface area (Å²) in [7, 11) is 1.73. The van der Waals surface area contributed by atoms with Crippen LogP contribution in [-0.2, 0) is 11.8 Å². The highest BCUT2D eigenvalue weighted by Gasteiger charge is 2.15. The first-order valence-corrected chi connectivity index (χ1v) is 7.09. The standard InChI is InChI=1S/C14H13FN4OS/c1-3-8-16-12(20)9-21-14-18-17-13(19(14)2)10-6-4-5-7-11(10)15/h1,4-7H,8-9H2,2H3,(H,16,20). The molecule has 0 saturated heterocycles. The van der Waals surface area contributed by atoms with Crippen LogP contribution in [0.25, 0.3) is 11.4 Å². The van der Waals surface area contributed by atoms with Gasteiger partial charge in [-0.25, -0.2) is 4.39 Å². The van der Waals surface area contributed by atoms with Crippen LogP contribution in [0.2, 0.25) is 0 Å². The highest BCUT2D eigenvalue weighted by Crippen LogP contribution is 2.24. The van der Waals surface area contributed by atoms with E-state index in [1.807, 2.05) is 0 Å². The number of thioether (sulfide) groups is 1. The molecule has 1 aromatic heterocycles. The topological polar surface area (TPSA) is 59.8 Å². The van der Waals surface area contributed by atoms with E-state index in [9.17, 15) is 9.18 Å². The van der Waals surface area contributed by atoms with Crippen LogP contribution in [0.15, 0.2) is 29.4 Å². The molecule has 0 radical (unpaired) electrons. The van der Waals surface area contributed by atoms with Crippen molar-refractivity contribution in [1.29, 1.82) is 0 Å². The summed E-state index contributed by atoms with van der Waals surface area (Å²) in [6, 6.07) is 6.34. The summed E-state index contributed by atoms with van der Waals surface area (Å²) in [4.78, 5) is 11.5. The molecule has 0 saturated carbocycles. The second-order valence-electron chi connectivity index (χ2n) is 4.11. The minimum absolute atomic E-state index is 0.172. The Bertz CT molecular complexity index is 693. The summed E-state index contributed by atoms with van der Waals surface area (Å²) in [5.41, 5.74) is 0.371. The fraction of sp³-hybridized carbons (Fsp3) is 0.214. The first-order chi connectivity index (χ1) is 10.1. The molecule has 2 rings (SSSR count). The van der Waals surface area contributed by atoms with E-state index in [1.54, 1.807) is 29.8 Å². The van der Waals surface area contributed by atoms with Crippen LogP contribution in [0, 0.1) is 18.2 Å². The molecule has 0 atom stereocenters. The molecule has 1 heterocycles. The van der Waals surface area contributed by atoms with E-state index in [0.29, 0.717) is 16.5 Å². The van der Waals surface area contributed by atoms with Crippen LogP contribution >= 0.6 is 11.8 Å². The Morgan fingerprint density at radius 3 is 2.95 bits per heavy atom. The predicted octanol–water partition coefficient (Wildman–Crippen LogP) is 1.46.